The Morgan fingerprint density at radius 1 is 1.60 bits per heavy atom. The number of carbonyl (C=O) groups is 1. The zero-order valence-electron chi connectivity index (χ0n) is 9.33. The summed E-state index contributed by atoms with van der Waals surface area (Å²) in [4.78, 5) is 11.7. The second kappa shape index (κ2) is 4.77. The van der Waals surface area contributed by atoms with Gasteiger partial charge in [-0.15, -0.1) is 0 Å². The predicted octanol–water partition coefficient (Wildman–Crippen LogP) is 1.95. The quantitative estimate of drug-likeness (QED) is 0.826. The van der Waals surface area contributed by atoms with Crippen molar-refractivity contribution in [1.82, 2.24) is 5.32 Å². The molecule has 0 fully saturated rings. The molecule has 0 aromatic carbocycles. The van der Waals surface area contributed by atoms with Crippen molar-refractivity contribution >= 4 is 17.2 Å². The Bertz CT molecular complexity index is 344. The molecular weight excluding hydrogens is 210 g/mol. The summed E-state index contributed by atoms with van der Waals surface area (Å²) in [6, 6.07) is 0. The van der Waals surface area contributed by atoms with Gasteiger partial charge < -0.3 is 10.4 Å². The first-order valence-corrected chi connectivity index (χ1v) is 5.94. The van der Waals surface area contributed by atoms with Gasteiger partial charge in [-0.1, -0.05) is 6.92 Å². The van der Waals surface area contributed by atoms with Crippen LogP contribution in [0.5, 0.6) is 0 Å². The van der Waals surface area contributed by atoms with E-state index >= 15 is 0 Å². The van der Waals surface area contributed by atoms with E-state index in [1.165, 1.54) is 11.3 Å². The van der Waals surface area contributed by atoms with Crippen LogP contribution in [0, 0.1) is 6.92 Å². The van der Waals surface area contributed by atoms with Crippen LogP contribution in [0.3, 0.4) is 0 Å². The summed E-state index contributed by atoms with van der Waals surface area (Å²) < 4.78 is 0. The van der Waals surface area contributed by atoms with E-state index in [9.17, 15) is 9.90 Å². The highest BCUT2D eigenvalue weighted by molar-refractivity contribution is 7.08. The molecule has 1 heterocycles. The van der Waals surface area contributed by atoms with E-state index in [1.54, 1.807) is 6.92 Å². The summed E-state index contributed by atoms with van der Waals surface area (Å²) in [5.41, 5.74) is 0.861. The normalized spacial score (nSPS) is 14.7. The fourth-order valence-corrected chi connectivity index (χ4v) is 1.91. The molecule has 0 aliphatic rings. The molecule has 3 nitrogen and oxygen atoms in total. The monoisotopic (exact) mass is 227 g/mol. The standard InChI is InChI=1S/C11H17NO2S/c1-4-11(3,14)7-12-10(13)9-6-15-5-8(9)2/h5-6,14H,4,7H2,1-3H3,(H,12,13). The van der Waals surface area contributed by atoms with Gasteiger partial charge in [0, 0.05) is 11.9 Å². The predicted molar refractivity (Wildman–Crippen MR) is 62.3 cm³/mol. The van der Waals surface area contributed by atoms with Crippen molar-refractivity contribution in [3.05, 3.63) is 21.9 Å². The lowest BCUT2D eigenvalue weighted by molar-refractivity contribution is 0.0518. The highest BCUT2D eigenvalue weighted by Gasteiger charge is 2.19. The largest absolute Gasteiger partial charge is 0.388 e. The molecule has 0 spiro atoms. The zero-order chi connectivity index (χ0) is 11.5. The molecular formula is C11H17NO2S. The third kappa shape index (κ3) is 3.32. The summed E-state index contributed by atoms with van der Waals surface area (Å²) in [7, 11) is 0. The lowest BCUT2D eigenvalue weighted by Gasteiger charge is -2.21. The summed E-state index contributed by atoms with van der Waals surface area (Å²) >= 11 is 1.51. The summed E-state index contributed by atoms with van der Waals surface area (Å²) in [6.07, 6.45) is 0.621. The minimum Gasteiger partial charge on any atom is -0.388 e. The maximum absolute atomic E-state index is 11.7. The summed E-state index contributed by atoms with van der Waals surface area (Å²) in [5.74, 6) is -0.109. The Balaban J connectivity index is 2.55. The van der Waals surface area contributed by atoms with Crippen molar-refractivity contribution in [3.8, 4) is 0 Å². The van der Waals surface area contributed by atoms with Crippen LogP contribution in [0.2, 0.25) is 0 Å². The first-order chi connectivity index (χ1) is 6.96. The Hall–Kier alpha value is -0.870. The zero-order valence-corrected chi connectivity index (χ0v) is 10.1. The Kier molecular flexibility index (Phi) is 3.88. The number of amides is 1. The minimum atomic E-state index is -0.820. The Morgan fingerprint density at radius 2 is 2.27 bits per heavy atom. The molecule has 2 N–H and O–H groups in total. The van der Waals surface area contributed by atoms with Gasteiger partial charge in [-0.3, -0.25) is 4.79 Å². The van der Waals surface area contributed by atoms with Crippen LogP contribution < -0.4 is 5.32 Å². The lowest BCUT2D eigenvalue weighted by atomic mass is 10.0. The molecule has 0 saturated heterocycles. The molecule has 1 unspecified atom stereocenters. The molecule has 0 saturated carbocycles. The molecule has 1 aromatic heterocycles. The molecule has 84 valence electrons. The SMILES string of the molecule is CCC(C)(O)CNC(=O)c1cscc1C. The highest BCUT2D eigenvalue weighted by Crippen LogP contribution is 2.14. The van der Waals surface area contributed by atoms with E-state index in [0.29, 0.717) is 12.0 Å². The van der Waals surface area contributed by atoms with E-state index in [0.717, 1.165) is 5.56 Å². The van der Waals surface area contributed by atoms with Gasteiger partial charge in [-0.25, -0.2) is 0 Å². The first-order valence-electron chi connectivity index (χ1n) is 4.99. The Morgan fingerprint density at radius 3 is 2.73 bits per heavy atom. The molecule has 0 bridgehead atoms. The number of hydrogen-bond acceptors (Lipinski definition) is 3. The number of aliphatic hydroxyl groups is 1. The van der Waals surface area contributed by atoms with Crippen LogP contribution in [0.4, 0.5) is 0 Å². The second-order valence-electron chi connectivity index (χ2n) is 4.00. The van der Waals surface area contributed by atoms with Crippen molar-refractivity contribution in [2.45, 2.75) is 32.8 Å². The van der Waals surface area contributed by atoms with Gasteiger partial charge in [0.1, 0.15) is 0 Å². The number of rotatable bonds is 4. The number of hydrogen-bond donors (Lipinski definition) is 2. The van der Waals surface area contributed by atoms with E-state index in [-0.39, 0.29) is 12.5 Å². The maximum atomic E-state index is 11.7. The molecule has 0 radical (unpaired) electrons. The average molecular weight is 227 g/mol. The van der Waals surface area contributed by atoms with E-state index in [2.05, 4.69) is 5.32 Å². The molecule has 0 aliphatic heterocycles. The third-order valence-electron chi connectivity index (χ3n) is 2.49. The van der Waals surface area contributed by atoms with Crippen LogP contribution >= 0.6 is 11.3 Å². The number of aryl methyl sites for hydroxylation is 1. The molecule has 1 aromatic rings. The first kappa shape index (κ1) is 12.2. The number of carbonyl (C=O) groups excluding carboxylic acids is 1. The van der Waals surface area contributed by atoms with Crippen molar-refractivity contribution in [2.24, 2.45) is 0 Å². The van der Waals surface area contributed by atoms with Crippen LogP contribution in [0.1, 0.15) is 36.2 Å². The van der Waals surface area contributed by atoms with Crippen molar-refractivity contribution in [1.29, 1.82) is 0 Å². The fraction of sp³-hybridized carbons (Fsp3) is 0.545. The van der Waals surface area contributed by atoms with Gasteiger partial charge >= 0.3 is 0 Å². The second-order valence-corrected chi connectivity index (χ2v) is 4.75. The van der Waals surface area contributed by atoms with E-state index < -0.39 is 5.60 Å². The molecule has 1 rings (SSSR count). The minimum absolute atomic E-state index is 0.109. The summed E-state index contributed by atoms with van der Waals surface area (Å²) in [5, 5.41) is 16.2. The van der Waals surface area contributed by atoms with Crippen LogP contribution in [-0.2, 0) is 0 Å². The maximum Gasteiger partial charge on any atom is 0.252 e. The average Bonchev–Trinajstić information content (AvgIpc) is 2.61. The van der Waals surface area contributed by atoms with Crippen molar-refractivity contribution < 1.29 is 9.90 Å². The topological polar surface area (TPSA) is 49.3 Å². The van der Waals surface area contributed by atoms with Crippen LogP contribution in [0.15, 0.2) is 10.8 Å². The van der Waals surface area contributed by atoms with Gasteiger partial charge in [-0.2, -0.15) is 11.3 Å². The number of nitrogens with one attached hydrogen (secondary N) is 1. The lowest BCUT2D eigenvalue weighted by Crippen LogP contribution is -2.40. The molecule has 1 amide bonds. The third-order valence-corrected chi connectivity index (χ3v) is 3.35. The van der Waals surface area contributed by atoms with Gasteiger partial charge in [0.2, 0.25) is 0 Å². The number of thiophene rings is 1. The molecule has 0 aliphatic carbocycles. The van der Waals surface area contributed by atoms with Gasteiger partial charge in [0.15, 0.2) is 0 Å². The van der Waals surface area contributed by atoms with Gasteiger partial charge in [0.05, 0.1) is 11.2 Å². The van der Waals surface area contributed by atoms with E-state index in [1.807, 2.05) is 24.6 Å². The molecule has 15 heavy (non-hydrogen) atoms. The Labute approximate surface area is 94.1 Å². The summed E-state index contributed by atoms with van der Waals surface area (Å²) in [6.45, 7) is 5.80. The smallest absolute Gasteiger partial charge is 0.252 e. The molecule has 4 heteroatoms. The van der Waals surface area contributed by atoms with Crippen molar-refractivity contribution in [3.63, 3.8) is 0 Å². The van der Waals surface area contributed by atoms with Crippen LogP contribution in [-0.4, -0.2) is 23.2 Å². The highest BCUT2D eigenvalue weighted by atomic mass is 32.1. The van der Waals surface area contributed by atoms with Crippen molar-refractivity contribution in [2.75, 3.05) is 6.54 Å². The fourth-order valence-electron chi connectivity index (χ4n) is 1.08. The molecule has 1 atom stereocenters. The van der Waals surface area contributed by atoms with Gasteiger partial charge in [-0.05, 0) is 31.2 Å². The van der Waals surface area contributed by atoms with Crippen LogP contribution in [0.25, 0.3) is 0 Å². The van der Waals surface area contributed by atoms with E-state index in [4.69, 9.17) is 0 Å². The van der Waals surface area contributed by atoms with Gasteiger partial charge in [0.25, 0.3) is 5.91 Å².